The largest absolute Gasteiger partial charge is 0.315 e. The molecule has 1 saturated carbocycles. The molecule has 1 heterocycles. The number of carbonyl (C=O) groups is 1. The zero-order chi connectivity index (χ0) is 18.6. The molecule has 0 unspecified atom stereocenters. The van der Waals surface area contributed by atoms with E-state index in [2.05, 4.69) is 28.4 Å². The van der Waals surface area contributed by atoms with Crippen LogP contribution in [0, 0.1) is 11.3 Å². The van der Waals surface area contributed by atoms with Gasteiger partial charge in [-0.3, -0.25) is 9.69 Å². The molecular formula is C22H25N3OS. The summed E-state index contributed by atoms with van der Waals surface area (Å²) in [5, 5.41) is 13.4. The van der Waals surface area contributed by atoms with E-state index in [1.807, 2.05) is 18.2 Å². The third kappa shape index (κ3) is 4.40. The van der Waals surface area contributed by atoms with E-state index < -0.39 is 0 Å². The lowest BCUT2D eigenvalue weighted by atomic mass is 10.1. The molecule has 27 heavy (non-hydrogen) atoms. The van der Waals surface area contributed by atoms with E-state index in [4.69, 9.17) is 0 Å². The highest BCUT2D eigenvalue weighted by molar-refractivity contribution is 7.16. The number of amides is 1. The number of anilines is 1. The number of aryl methyl sites for hydroxylation is 1. The van der Waals surface area contributed by atoms with Crippen molar-refractivity contribution < 1.29 is 4.79 Å². The molecule has 0 bridgehead atoms. The Balaban J connectivity index is 1.45. The minimum atomic E-state index is -0.00857. The number of fused-ring (bicyclic) bond motifs is 1. The SMILES string of the molecule is N#Cc1c(NC(=O)CN(Cc2ccccc2)C2CC2)sc2c1CCCCC2. The quantitative estimate of drug-likeness (QED) is 0.752. The van der Waals surface area contributed by atoms with Gasteiger partial charge in [0.2, 0.25) is 5.91 Å². The standard InChI is InChI=1S/C22H25N3OS/c23-13-19-18-9-5-2-6-10-20(18)27-22(19)24-21(26)15-25(17-11-12-17)14-16-7-3-1-4-8-16/h1,3-4,7-8,17H,2,5-6,9-12,14-15H2,(H,24,26). The maximum Gasteiger partial charge on any atom is 0.239 e. The molecular weight excluding hydrogens is 354 g/mol. The Morgan fingerprint density at radius 2 is 1.96 bits per heavy atom. The van der Waals surface area contributed by atoms with Gasteiger partial charge in [0.15, 0.2) is 0 Å². The van der Waals surface area contributed by atoms with Gasteiger partial charge >= 0.3 is 0 Å². The van der Waals surface area contributed by atoms with E-state index in [1.54, 1.807) is 11.3 Å². The zero-order valence-corrected chi connectivity index (χ0v) is 16.4. The van der Waals surface area contributed by atoms with E-state index in [9.17, 15) is 10.1 Å². The predicted molar refractivity (Wildman–Crippen MR) is 109 cm³/mol. The molecule has 1 amide bonds. The van der Waals surface area contributed by atoms with Gasteiger partial charge < -0.3 is 5.32 Å². The van der Waals surface area contributed by atoms with Crippen LogP contribution >= 0.6 is 11.3 Å². The van der Waals surface area contributed by atoms with Crippen LogP contribution in [-0.4, -0.2) is 23.4 Å². The number of carbonyl (C=O) groups excluding carboxylic acids is 1. The summed E-state index contributed by atoms with van der Waals surface area (Å²) in [7, 11) is 0. The van der Waals surface area contributed by atoms with Gasteiger partial charge in [0.25, 0.3) is 0 Å². The summed E-state index contributed by atoms with van der Waals surface area (Å²) in [4.78, 5) is 16.3. The van der Waals surface area contributed by atoms with Gasteiger partial charge in [0, 0.05) is 17.5 Å². The average Bonchev–Trinajstić information content (AvgIpc) is 3.49. The van der Waals surface area contributed by atoms with E-state index in [0.29, 0.717) is 18.2 Å². The zero-order valence-electron chi connectivity index (χ0n) is 15.5. The first-order chi connectivity index (χ1) is 13.2. The van der Waals surface area contributed by atoms with Crippen LogP contribution in [0.1, 0.15) is 53.7 Å². The second-order valence-corrected chi connectivity index (χ2v) is 8.66. The third-order valence-corrected chi connectivity index (χ3v) is 6.63. The van der Waals surface area contributed by atoms with Crippen LogP contribution in [0.5, 0.6) is 0 Å². The van der Waals surface area contributed by atoms with Gasteiger partial charge in [-0.1, -0.05) is 36.8 Å². The third-order valence-electron chi connectivity index (χ3n) is 5.42. The van der Waals surface area contributed by atoms with Crippen LogP contribution in [0.15, 0.2) is 30.3 Å². The summed E-state index contributed by atoms with van der Waals surface area (Å²) in [5.74, 6) is -0.00857. The Hall–Kier alpha value is -2.16. The van der Waals surface area contributed by atoms with Crippen molar-refractivity contribution in [3.63, 3.8) is 0 Å². The normalized spacial score (nSPS) is 16.4. The average molecular weight is 380 g/mol. The summed E-state index contributed by atoms with van der Waals surface area (Å²) in [5.41, 5.74) is 3.11. The Bertz CT molecular complexity index is 848. The van der Waals surface area contributed by atoms with Crippen molar-refractivity contribution in [3.8, 4) is 6.07 Å². The molecule has 1 N–H and O–H groups in total. The minimum absolute atomic E-state index is 0.00857. The second kappa shape index (κ2) is 8.24. The number of hydrogen-bond acceptors (Lipinski definition) is 4. The van der Waals surface area contributed by atoms with Gasteiger partial charge in [-0.2, -0.15) is 5.26 Å². The van der Waals surface area contributed by atoms with Crippen molar-refractivity contribution in [2.75, 3.05) is 11.9 Å². The summed E-state index contributed by atoms with van der Waals surface area (Å²) >= 11 is 1.61. The number of thiophene rings is 1. The van der Waals surface area contributed by atoms with E-state index in [0.717, 1.165) is 43.6 Å². The number of nitrogens with one attached hydrogen (secondary N) is 1. The molecule has 1 aromatic heterocycles. The van der Waals surface area contributed by atoms with Gasteiger partial charge in [0.05, 0.1) is 12.1 Å². The molecule has 1 fully saturated rings. The molecule has 0 atom stereocenters. The summed E-state index contributed by atoms with van der Waals surface area (Å²) in [6, 6.07) is 13.2. The van der Waals surface area contributed by atoms with Crippen molar-refractivity contribution >= 4 is 22.2 Å². The highest BCUT2D eigenvalue weighted by Crippen LogP contribution is 2.37. The Kier molecular flexibility index (Phi) is 5.56. The summed E-state index contributed by atoms with van der Waals surface area (Å²) in [6.07, 6.45) is 7.87. The van der Waals surface area contributed by atoms with Crippen molar-refractivity contribution in [2.45, 2.75) is 57.5 Å². The molecule has 4 nitrogen and oxygen atoms in total. The maximum atomic E-state index is 12.7. The number of nitrogens with zero attached hydrogens (tertiary/aromatic N) is 2. The fraction of sp³-hybridized carbons (Fsp3) is 0.455. The van der Waals surface area contributed by atoms with E-state index in [1.165, 1.54) is 28.8 Å². The second-order valence-electron chi connectivity index (χ2n) is 7.55. The Morgan fingerprint density at radius 3 is 2.70 bits per heavy atom. The van der Waals surface area contributed by atoms with Crippen molar-refractivity contribution in [1.29, 1.82) is 5.26 Å². The van der Waals surface area contributed by atoms with E-state index >= 15 is 0 Å². The fourth-order valence-electron chi connectivity index (χ4n) is 3.87. The topological polar surface area (TPSA) is 56.1 Å². The number of benzene rings is 1. The lowest BCUT2D eigenvalue weighted by Crippen LogP contribution is -2.34. The van der Waals surface area contributed by atoms with Crippen LogP contribution in [0.4, 0.5) is 5.00 Å². The van der Waals surface area contributed by atoms with Crippen LogP contribution < -0.4 is 5.32 Å². The molecule has 0 aliphatic heterocycles. The molecule has 0 radical (unpaired) electrons. The molecule has 0 spiro atoms. The van der Waals surface area contributed by atoms with Crippen LogP contribution in [0.3, 0.4) is 0 Å². The molecule has 4 rings (SSSR count). The maximum absolute atomic E-state index is 12.7. The number of rotatable bonds is 6. The first-order valence-corrected chi connectivity index (χ1v) is 10.7. The molecule has 2 aliphatic carbocycles. The smallest absolute Gasteiger partial charge is 0.239 e. The van der Waals surface area contributed by atoms with Gasteiger partial charge in [-0.25, -0.2) is 0 Å². The first kappa shape index (κ1) is 18.2. The predicted octanol–water partition coefficient (Wildman–Crippen LogP) is 4.49. The highest BCUT2D eigenvalue weighted by Gasteiger charge is 2.30. The van der Waals surface area contributed by atoms with Crippen molar-refractivity contribution in [3.05, 3.63) is 51.9 Å². The van der Waals surface area contributed by atoms with E-state index in [-0.39, 0.29) is 5.91 Å². The summed E-state index contributed by atoms with van der Waals surface area (Å²) in [6.45, 7) is 1.18. The van der Waals surface area contributed by atoms with Gasteiger partial charge in [-0.05, 0) is 49.7 Å². The van der Waals surface area contributed by atoms with Crippen LogP contribution in [-0.2, 0) is 24.2 Å². The Morgan fingerprint density at radius 1 is 1.19 bits per heavy atom. The first-order valence-electron chi connectivity index (χ1n) is 9.87. The summed E-state index contributed by atoms with van der Waals surface area (Å²) < 4.78 is 0. The molecule has 2 aromatic rings. The number of nitriles is 1. The molecule has 2 aliphatic rings. The number of hydrogen-bond donors (Lipinski definition) is 1. The minimum Gasteiger partial charge on any atom is -0.315 e. The van der Waals surface area contributed by atoms with Crippen molar-refractivity contribution in [1.82, 2.24) is 4.90 Å². The molecule has 140 valence electrons. The lowest BCUT2D eigenvalue weighted by molar-refractivity contribution is -0.117. The van der Waals surface area contributed by atoms with Gasteiger partial charge in [-0.15, -0.1) is 11.3 Å². The highest BCUT2D eigenvalue weighted by atomic mass is 32.1. The van der Waals surface area contributed by atoms with Crippen LogP contribution in [0.2, 0.25) is 0 Å². The van der Waals surface area contributed by atoms with Crippen molar-refractivity contribution in [2.24, 2.45) is 0 Å². The molecule has 0 saturated heterocycles. The van der Waals surface area contributed by atoms with Gasteiger partial charge in [0.1, 0.15) is 11.1 Å². The molecule has 5 heteroatoms. The monoisotopic (exact) mass is 379 g/mol. The molecule has 1 aromatic carbocycles. The Labute approximate surface area is 164 Å². The fourth-order valence-corrected chi connectivity index (χ4v) is 5.13. The lowest BCUT2D eigenvalue weighted by Gasteiger charge is -2.21. The van der Waals surface area contributed by atoms with Crippen LogP contribution in [0.25, 0.3) is 0 Å².